The quantitative estimate of drug-likeness (QED) is 0.651. The Labute approximate surface area is 141 Å². The van der Waals surface area contributed by atoms with Crippen LogP contribution in [0.5, 0.6) is 0 Å². The number of aryl methyl sites for hydroxylation is 1. The van der Waals surface area contributed by atoms with E-state index in [1.54, 1.807) is 30.3 Å². The molecule has 0 amide bonds. The minimum atomic E-state index is -3.74. The predicted molar refractivity (Wildman–Crippen MR) is 89.5 cm³/mol. The average Bonchev–Trinajstić information content (AvgIpc) is 2.44. The molecule has 2 aromatic rings. The molecule has 0 fully saturated rings. The van der Waals surface area contributed by atoms with Crippen molar-refractivity contribution in [1.29, 1.82) is 0 Å². The Bertz CT molecular complexity index is 809. The van der Waals surface area contributed by atoms with E-state index < -0.39 is 15.2 Å². The van der Waals surface area contributed by atoms with Crippen LogP contribution >= 0.6 is 31.9 Å². The van der Waals surface area contributed by atoms with Crippen LogP contribution in [0.2, 0.25) is 0 Å². The van der Waals surface area contributed by atoms with E-state index in [9.17, 15) is 8.42 Å². The van der Waals surface area contributed by atoms with Crippen molar-refractivity contribution in [3.8, 4) is 0 Å². The van der Waals surface area contributed by atoms with E-state index in [-0.39, 0.29) is 4.90 Å². The molecule has 0 aliphatic rings. The Morgan fingerprint density at radius 3 is 2.19 bits per heavy atom. The van der Waals surface area contributed by atoms with Gasteiger partial charge in [0, 0.05) is 8.95 Å². The summed E-state index contributed by atoms with van der Waals surface area (Å²) in [5.41, 5.74) is 1.42. The molecule has 0 aliphatic heterocycles. The zero-order valence-corrected chi connectivity index (χ0v) is 15.0. The molecule has 0 heterocycles. The summed E-state index contributed by atoms with van der Waals surface area (Å²) >= 11 is 6.66. The number of hydrogen-bond acceptors (Lipinski definition) is 2. The standard InChI is InChI=1S/C15H11Br2NO2S/c1-10-3-6-12(7-4-10)21(19,20)15(18-2)11-5-8-13(16)14(17)9-11/h3-9,15H,1H3. The normalized spacial score (nSPS) is 12.7. The first-order valence-electron chi connectivity index (χ1n) is 5.98. The SMILES string of the molecule is [C-]#[N+]C(c1ccc(Br)c(Br)c1)S(=O)(=O)c1ccc(C)cc1. The maximum absolute atomic E-state index is 12.6. The van der Waals surface area contributed by atoms with Gasteiger partial charge in [-0.25, -0.2) is 15.0 Å². The molecule has 21 heavy (non-hydrogen) atoms. The van der Waals surface area contributed by atoms with Gasteiger partial charge in [-0.1, -0.05) is 17.7 Å². The van der Waals surface area contributed by atoms with E-state index >= 15 is 0 Å². The second-order valence-electron chi connectivity index (χ2n) is 4.51. The van der Waals surface area contributed by atoms with Gasteiger partial charge >= 0.3 is 5.37 Å². The lowest BCUT2D eigenvalue weighted by atomic mass is 10.2. The van der Waals surface area contributed by atoms with Gasteiger partial charge in [0.2, 0.25) is 0 Å². The lowest BCUT2D eigenvalue weighted by Gasteiger charge is -2.09. The van der Waals surface area contributed by atoms with Crippen LogP contribution in [-0.4, -0.2) is 8.42 Å². The third-order valence-electron chi connectivity index (χ3n) is 2.99. The fraction of sp³-hybridized carbons (Fsp3) is 0.133. The molecule has 0 aliphatic carbocycles. The topological polar surface area (TPSA) is 38.5 Å². The zero-order valence-electron chi connectivity index (χ0n) is 11.0. The largest absolute Gasteiger partial charge is 0.350 e. The Kier molecular flexibility index (Phi) is 4.87. The maximum atomic E-state index is 12.6. The number of sulfone groups is 1. The molecular weight excluding hydrogens is 418 g/mol. The molecule has 108 valence electrons. The molecule has 0 saturated heterocycles. The molecule has 0 aromatic heterocycles. The first-order chi connectivity index (χ1) is 9.86. The smallest absolute Gasteiger partial charge is 0.291 e. The highest BCUT2D eigenvalue weighted by atomic mass is 79.9. The minimum Gasteiger partial charge on any atom is -0.291 e. The van der Waals surface area contributed by atoms with Crippen LogP contribution in [0.1, 0.15) is 16.5 Å². The second kappa shape index (κ2) is 6.30. The van der Waals surface area contributed by atoms with Gasteiger partial charge in [-0.3, -0.25) is 4.85 Å². The van der Waals surface area contributed by atoms with Crippen molar-refractivity contribution in [2.75, 3.05) is 0 Å². The third kappa shape index (κ3) is 3.37. The number of nitrogens with zero attached hydrogens (tertiary/aromatic N) is 1. The first kappa shape index (κ1) is 16.2. The summed E-state index contributed by atoms with van der Waals surface area (Å²) in [5, 5.41) is -1.25. The van der Waals surface area contributed by atoms with Crippen molar-refractivity contribution in [3.05, 3.63) is 74.0 Å². The Balaban J connectivity index is 2.52. The highest BCUT2D eigenvalue weighted by molar-refractivity contribution is 9.13. The highest BCUT2D eigenvalue weighted by Gasteiger charge is 2.34. The summed E-state index contributed by atoms with van der Waals surface area (Å²) in [6.45, 7) is 9.17. The molecule has 6 heteroatoms. The molecule has 0 saturated carbocycles. The maximum Gasteiger partial charge on any atom is 0.350 e. The van der Waals surface area contributed by atoms with Gasteiger partial charge in [-0.05, 0) is 69.1 Å². The van der Waals surface area contributed by atoms with E-state index in [0.717, 1.165) is 10.0 Å². The lowest BCUT2D eigenvalue weighted by Crippen LogP contribution is -2.10. The van der Waals surface area contributed by atoms with Gasteiger partial charge in [0.25, 0.3) is 9.84 Å². The van der Waals surface area contributed by atoms with Crippen molar-refractivity contribution in [2.45, 2.75) is 17.2 Å². The van der Waals surface area contributed by atoms with E-state index in [4.69, 9.17) is 6.57 Å². The minimum absolute atomic E-state index is 0.160. The van der Waals surface area contributed by atoms with Crippen LogP contribution < -0.4 is 0 Å². The summed E-state index contributed by atoms with van der Waals surface area (Å²) < 4.78 is 26.8. The summed E-state index contributed by atoms with van der Waals surface area (Å²) in [6, 6.07) is 11.5. The van der Waals surface area contributed by atoms with Crippen LogP contribution in [0.25, 0.3) is 4.85 Å². The molecule has 0 spiro atoms. The van der Waals surface area contributed by atoms with E-state index in [1.807, 2.05) is 6.92 Å². The van der Waals surface area contributed by atoms with Crippen LogP contribution in [-0.2, 0) is 9.84 Å². The molecule has 3 nitrogen and oxygen atoms in total. The summed E-state index contributed by atoms with van der Waals surface area (Å²) in [4.78, 5) is 3.49. The van der Waals surface area contributed by atoms with Crippen molar-refractivity contribution >= 4 is 41.7 Å². The van der Waals surface area contributed by atoms with Crippen LogP contribution in [0, 0.1) is 13.5 Å². The van der Waals surface area contributed by atoms with E-state index in [2.05, 4.69) is 36.7 Å². The van der Waals surface area contributed by atoms with Crippen molar-refractivity contribution < 1.29 is 8.42 Å². The van der Waals surface area contributed by atoms with Crippen molar-refractivity contribution in [1.82, 2.24) is 0 Å². The van der Waals surface area contributed by atoms with E-state index in [0.29, 0.717) is 10.0 Å². The van der Waals surface area contributed by atoms with Gasteiger partial charge in [0.15, 0.2) is 0 Å². The van der Waals surface area contributed by atoms with Gasteiger partial charge in [-0.2, -0.15) is 0 Å². The molecule has 2 aromatic carbocycles. The molecule has 1 unspecified atom stereocenters. The highest BCUT2D eigenvalue weighted by Crippen LogP contribution is 2.34. The molecule has 1 atom stereocenters. The fourth-order valence-electron chi connectivity index (χ4n) is 1.85. The summed E-state index contributed by atoms with van der Waals surface area (Å²) in [6.07, 6.45) is 0. The molecule has 2 rings (SSSR count). The summed E-state index contributed by atoms with van der Waals surface area (Å²) in [5.74, 6) is 0. The fourth-order valence-corrected chi connectivity index (χ4v) is 3.91. The van der Waals surface area contributed by atoms with Gasteiger partial charge in [0.1, 0.15) is 0 Å². The predicted octanol–water partition coefficient (Wildman–Crippen LogP) is 4.91. The van der Waals surface area contributed by atoms with Crippen LogP contribution in [0.4, 0.5) is 0 Å². The number of halogens is 2. The molecular formula is C15H11Br2NO2S. The van der Waals surface area contributed by atoms with E-state index in [1.165, 1.54) is 12.1 Å². The van der Waals surface area contributed by atoms with Crippen LogP contribution in [0.3, 0.4) is 0 Å². The number of hydrogen-bond donors (Lipinski definition) is 0. The Morgan fingerprint density at radius 2 is 1.67 bits per heavy atom. The lowest BCUT2D eigenvalue weighted by molar-refractivity contribution is 0.590. The number of rotatable bonds is 3. The van der Waals surface area contributed by atoms with Gasteiger partial charge < -0.3 is 0 Å². The zero-order chi connectivity index (χ0) is 15.6. The molecule has 0 radical (unpaired) electrons. The Hall–Kier alpha value is -1.16. The Morgan fingerprint density at radius 1 is 1.05 bits per heavy atom. The monoisotopic (exact) mass is 427 g/mol. The van der Waals surface area contributed by atoms with Gasteiger partial charge in [0.05, 0.1) is 10.5 Å². The second-order valence-corrected chi connectivity index (χ2v) is 8.23. The summed E-state index contributed by atoms with van der Waals surface area (Å²) in [7, 11) is -3.74. The average molecular weight is 429 g/mol. The first-order valence-corrected chi connectivity index (χ1v) is 9.11. The van der Waals surface area contributed by atoms with Crippen LogP contribution in [0.15, 0.2) is 56.3 Å². The molecule has 0 N–H and O–H groups in total. The number of benzene rings is 2. The van der Waals surface area contributed by atoms with Crippen molar-refractivity contribution in [2.24, 2.45) is 0 Å². The van der Waals surface area contributed by atoms with Gasteiger partial charge in [-0.15, -0.1) is 0 Å². The molecule has 0 bridgehead atoms. The third-order valence-corrected chi connectivity index (χ3v) is 6.76. The van der Waals surface area contributed by atoms with Crippen molar-refractivity contribution in [3.63, 3.8) is 0 Å².